The summed E-state index contributed by atoms with van der Waals surface area (Å²) in [6.07, 6.45) is 4.57. The van der Waals surface area contributed by atoms with Crippen molar-refractivity contribution in [2.45, 2.75) is 31.7 Å². The quantitative estimate of drug-likeness (QED) is 0.841. The third-order valence-corrected chi connectivity index (χ3v) is 5.38. The maximum atomic E-state index is 12.8. The van der Waals surface area contributed by atoms with Crippen molar-refractivity contribution in [1.29, 1.82) is 0 Å². The minimum Gasteiger partial charge on any atom is -0.341 e. The van der Waals surface area contributed by atoms with E-state index < -0.39 is 0 Å². The number of carbonyl (C=O) groups excluding carboxylic acids is 2. The number of benzene rings is 1. The third kappa shape index (κ3) is 3.29. The Labute approximate surface area is 135 Å². The highest BCUT2D eigenvalue weighted by Crippen LogP contribution is 2.25. The Hall–Kier alpha value is -1.49. The van der Waals surface area contributed by atoms with Gasteiger partial charge in [0, 0.05) is 24.4 Å². The molecular formula is C17H22N2O2S. The van der Waals surface area contributed by atoms with Crippen LogP contribution in [0, 0.1) is 0 Å². The van der Waals surface area contributed by atoms with E-state index in [1.807, 2.05) is 35.2 Å². The highest BCUT2D eigenvalue weighted by molar-refractivity contribution is 7.99. The molecular weight excluding hydrogens is 296 g/mol. The van der Waals surface area contributed by atoms with E-state index in [1.165, 1.54) is 12.8 Å². The van der Waals surface area contributed by atoms with E-state index in [-0.39, 0.29) is 17.9 Å². The lowest BCUT2D eigenvalue weighted by atomic mass is 10.1. The van der Waals surface area contributed by atoms with E-state index in [0.717, 1.165) is 25.9 Å². The average Bonchev–Trinajstić information content (AvgIpc) is 2.89. The second-order valence-electron chi connectivity index (χ2n) is 5.90. The molecule has 3 rings (SSSR count). The number of nitrogens with zero attached hydrogens (tertiary/aromatic N) is 2. The monoisotopic (exact) mass is 318 g/mol. The van der Waals surface area contributed by atoms with E-state index in [1.54, 1.807) is 16.7 Å². The van der Waals surface area contributed by atoms with Crippen molar-refractivity contribution in [3.8, 4) is 0 Å². The zero-order valence-electron chi connectivity index (χ0n) is 12.7. The molecule has 0 spiro atoms. The molecule has 118 valence electrons. The zero-order chi connectivity index (χ0) is 15.4. The van der Waals surface area contributed by atoms with Crippen LogP contribution < -0.4 is 0 Å². The Balaban J connectivity index is 1.72. The van der Waals surface area contributed by atoms with Crippen LogP contribution in [0.3, 0.4) is 0 Å². The molecule has 2 aliphatic rings. The number of hydrogen-bond donors (Lipinski definition) is 0. The molecule has 1 aromatic rings. The summed E-state index contributed by atoms with van der Waals surface area (Å²) >= 11 is 1.67. The first-order valence-corrected chi connectivity index (χ1v) is 9.15. The van der Waals surface area contributed by atoms with Gasteiger partial charge in [0.1, 0.15) is 6.04 Å². The summed E-state index contributed by atoms with van der Waals surface area (Å²) in [5.74, 6) is 1.43. The minimum atomic E-state index is -0.296. The number of hydrogen-bond acceptors (Lipinski definition) is 3. The molecule has 0 N–H and O–H groups in total. The number of rotatable bonds is 2. The standard InChI is InChI=1S/C17H22N2O2S/c20-16(14-8-4-3-5-9-14)19-13-22-12-15(19)17(21)18-10-6-1-2-7-11-18/h3-5,8-9,15H,1-2,6-7,10-13H2. The molecule has 5 heteroatoms. The Morgan fingerprint density at radius 1 is 1.00 bits per heavy atom. The van der Waals surface area contributed by atoms with Crippen LogP contribution in [-0.4, -0.2) is 52.4 Å². The molecule has 2 amide bonds. The predicted octanol–water partition coefficient (Wildman–Crippen LogP) is 2.60. The number of amides is 2. The van der Waals surface area contributed by atoms with Gasteiger partial charge in [-0.05, 0) is 25.0 Å². The Morgan fingerprint density at radius 3 is 2.36 bits per heavy atom. The minimum absolute atomic E-state index is 0.0289. The van der Waals surface area contributed by atoms with Crippen LogP contribution in [0.15, 0.2) is 30.3 Å². The molecule has 0 saturated carbocycles. The van der Waals surface area contributed by atoms with Crippen LogP contribution in [0.2, 0.25) is 0 Å². The van der Waals surface area contributed by atoms with Crippen molar-refractivity contribution in [1.82, 2.24) is 9.80 Å². The summed E-state index contributed by atoms with van der Waals surface area (Å²) in [5.41, 5.74) is 0.665. The molecule has 22 heavy (non-hydrogen) atoms. The maximum absolute atomic E-state index is 12.8. The molecule has 1 aromatic carbocycles. The second-order valence-corrected chi connectivity index (χ2v) is 6.90. The van der Waals surface area contributed by atoms with Crippen LogP contribution in [-0.2, 0) is 4.79 Å². The molecule has 2 aliphatic heterocycles. The van der Waals surface area contributed by atoms with Crippen LogP contribution in [0.4, 0.5) is 0 Å². The highest BCUT2D eigenvalue weighted by Gasteiger charge is 2.37. The fourth-order valence-electron chi connectivity index (χ4n) is 3.10. The topological polar surface area (TPSA) is 40.6 Å². The highest BCUT2D eigenvalue weighted by atomic mass is 32.2. The van der Waals surface area contributed by atoms with Gasteiger partial charge in [-0.25, -0.2) is 0 Å². The molecule has 2 fully saturated rings. The number of thioether (sulfide) groups is 1. The SMILES string of the molecule is O=C(C1CSCN1C(=O)c1ccccc1)N1CCCCCC1. The van der Waals surface area contributed by atoms with Crippen LogP contribution in [0.1, 0.15) is 36.0 Å². The van der Waals surface area contributed by atoms with Crippen molar-refractivity contribution in [2.75, 3.05) is 24.7 Å². The molecule has 1 unspecified atom stereocenters. The first-order valence-electron chi connectivity index (χ1n) is 8.00. The van der Waals surface area contributed by atoms with E-state index in [4.69, 9.17) is 0 Å². The molecule has 4 nitrogen and oxygen atoms in total. The van der Waals surface area contributed by atoms with E-state index >= 15 is 0 Å². The normalized spacial score (nSPS) is 22.5. The summed E-state index contributed by atoms with van der Waals surface area (Å²) < 4.78 is 0. The van der Waals surface area contributed by atoms with Crippen LogP contribution in [0.25, 0.3) is 0 Å². The van der Waals surface area contributed by atoms with Crippen molar-refractivity contribution in [3.05, 3.63) is 35.9 Å². The lowest BCUT2D eigenvalue weighted by Gasteiger charge is -2.29. The lowest BCUT2D eigenvalue weighted by Crippen LogP contribution is -2.49. The van der Waals surface area contributed by atoms with Crippen LogP contribution in [0.5, 0.6) is 0 Å². The largest absolute Gasteiger partial charge is 0.341 e. The van der Waals surface area contributed by atoms with Gasteiger partial charge in [-0.1, -0.05) is 31.0 Å². The van der Waals surface area contributed by atoms with Gasteiger partial charge in [-0.15, -0.1) is 11.8 Å². The number of likely N-dealkylation sites (tertiary alicyclic amines) is 1. The van der Waals surface area contributed by atoms with Crippen molar-refractivity contribution in [3.63, 3.8) is 0 Å². The Bertz CT molecular complexity index is 527. The smallest absolute Gasteiger partial charge is 0.255 e. The third-order valence-electron chi connectivity index (χ3n) is 4.37. The van der Waals surface area contributed by atoms with Gasteiger partial charge >= 0.3 is 0 Å². The van der Waals surface area contributed by atoms with Gasteiger partial charge < -0.3 is 9.80 Å². The zero-order valence-corrected chi connectivity index (χ0v) is 13.6. The van der Waals surface area contributed by atoms with Crippen molar-refractivity contribution < 1.29 is 9.59 Å². The molecule has 0 bridgehead atoms. The van der Waals surface area contributed by atoms with Gasteiger partial charge in [-0.2, -0.15) is 0 Å². The molecule has 1 atom stereocenters. The summed E-state index contributed by atoms with van der Waals surface area (Å²) in [6, 6.07) is 8.97. The lowest BCUT2D eigenvalue weighted by molar-refractivity contribution is -0.134. The molecule has 0 radical (unpaired) electrons. The van der Waals surface area contributed by atoms with E-state index in [2.05, 4.69) is 0 Å². The predicted molar refractivity (Wildman–Crippen MR) is 88.8 cm³/mol. The van der Waals surface area contributed by atoms with Gasteiger partial charge in [0.2, 0.25) is 5.91 Å². The number of carbonyl (C=O) groups is 2. The summed E-state index contributed by atoms with van der Waals surface area (Å²) in [4.78, 5) is 29.2. The van der Waals surface area contributed by atoms with Crippen molar-refractivity contribution in [2.24, 2.45) is 0 Å². The van der Waals surface area contributed by atoms with Gasteiger partial charge in [0.05, 0.1) is 5.88 Å². The summed E-state index contributed by atoms with van der Waals surface area (Å²) in [6.45, 7) is 1.68. The molecule has 0 aliphatic carbocycles. The van der Waals surface area contributed by atoms with Crippen LogP contribution >= 0.6 is 11.8 Å². The Morgan fingerprint density at radius 2 is 1.68 bits per heavy atom. The maximum Gasteiger partial charge on any atom is 0.255 e. The van der Waals surface area contributed by atoms with E-state index in [9.17, 15) is 9.59 Å². The van der Waals surface area contributed by atoms with Crippen molar-refractivity contribution >= 4 is 23.6 Å². The first kappa shape index (κ1) is 15.4. The summed E-state index contributed by atoms with van der Waals surface area (Å²) in [5, 5.41) is 0. The fourth-order valence-corrected chi connectivity index (χ4v) is 4.24. The molecule has 0 aromatic heterocycles. The van der Waals surface area contributed by atoms with Gasteiger partial charge in [0.25, 0.3) is 5.91 Å². The van der Waals surface area contributed by atoms with Gasteiger partial charge in [0.15, 0.2) is 0 Å². The Kier molecular flexibility index (Phi) is 5.03. The fraction of sp³-hybridized carbons (Fsp3) is 0.529. The summed E-state index contributed by atoms with van der Waals surface area (Å²) in [7, 11) is 0. The average molecular weight is 318 g/mol. The second kappa shape index (κ2) is 7.18. The first-order chi connectivity index (χ1) is 10.8. The molecule has 2 saturated heterocycles. The van der Waals surface area contributed by atoms with E-state index in [0.29, 0.717) is 17.2 Å². The van der Waals surface area contributed by atoms with Gasteiger partial charge in [-0.3, -0.25) is 9.59 Å². The molecule has 2 heterocycles.